The Hall–Kier alpha value is 0.310. The van der Waals surface area contributed by atoms with Crippen LogP contribution < -0.4 is 0 Å². The average molecular weight is 204 g/mol. The third-order valence-electron chi connectivity index (χ3n) is 2.32. The lowest BCUT2D eigenvalue weighted by molar-refractivity contribution is 0.350. The lowest BCUT2D eigenvalue weighted by Gasteiger charge is -2.32. The van der Waals surface area contributed by atoms with Crippen molar-refractivity contribution in [2.45, 2.75) is 33.7 Å². The molecule has 1 aliphatic rings. The first-order valence-corrected chi connectivity index (χ1v) is 6.31. The van der Waals surface area contributed by atoms with Crippen LogP contribution in [0.2, 0.25) is 0 Å². The van der Waals surface area contributed by atoms with Gasteiger partial charge >= 0.3 is 0 Å². The van der Waals surface area contributed by atoms with Gasteiger partial charge in [-0.3, -0.25) is 0 Å². The van der Waals surface area contributed by atoms with Crippen LogP contribution in [0.1, 0.15) is 27.7 Å². The standard InChI is InChI=1S/C9H21N2OP/c1-5-10(6-2)13-11(9(3)4)7-8-12-13/h9H,5-8H2,1-4H3. The molecule has 0 aromatic rings. The topological polar surface area (TPSA) is 15.7 Å². The van der Waals surface area contributed by atoms with Gasteiger partial charge in [0, 0.05) is 25.7 Å². The van der Waals surface area contributed by atoms with Crippen molar-refractivity contribution in [3.05, 3.63) is 0 Å². The molecular weight excluding hydrogens is 183 g/mol. The van der Waals surface area contributed by atoms with Gasteiger partial charge in [-0.1, -0.05) is 13.8 Å². The van der Waals surface area contributed by atoms with Gasteiger partial charge in [0.2, 0.25) is 0 Å². The molecule has 1 atom stereocenters. The Bertz CT molecular complexity index is 151. The summed E-state index contributed by atoms with van der Waals surface area (Å²) < 4.78 is 10.7. The van der Waals surface area contributed by atoms with E-state index in [0.717, 1.165) is 26.2 Å². The van der Waals surface area contributed by atoms with Gasteiger partial charge in [-0.15, -0.1) is 0 Å². The van der Waals surface area contributed by atoms with Gasteiger partial charge in [-0.05, 0) is 13.8 Å². The molecule has 0 radical (unpaired) electrons. The largest absolute Gasteiger partial charge is 0.330 e. The molecule has 3 nitrogen and oxygen atoms in total. The minimum atomic E-state index is -0.445. The van der Waals surface area contributed by atoms with Crippen LogP contribution in [0.5, 0.6) is 0 Å². The highest BCUT2D eigenvalue weighted by atomic mass is 31.2. The third-order valence-corrected chi connectivity index (χ3v) is 4.88. The van der Waals surface area contributed by atoms with E-state index < -0.39 is 8.45 Å². The van der Waals surface area contributed by atoms with Crippen molar-refractivity contribution in [2.24, 2.45) is 0 Å². The van der Waals surface area contributed by atoms with Crippen molar-refractivity contribution < 1.29 is 4.52 Å². The average Bonchev–Trinajstić information content (AvgIpc) is 2.55. The summed E-state index contributed by atoms with van der Waals surface area (Å²) >= 11 is 0. The molecule has 0 N–H and O–H groups in total. The minimum absolute atomic E-state index is 0.445. The van der Waals surface area contributed by atoms with E-state index in [2.05, 4.69) is 37.0 Å². The zero-order valence-corrected chi connectivity index (χ0v) is 10.1. The fraction of sp³-hybridized carbons (Fsp3) is 1.00. The van der Waals surface area contributed by atoms with Crippen LogP contribution in [0.15, 0.2) is 0 Å². The fourth-order valence-electron chi connectivity index (χ4n) is 1.54. The van der Waals surface area contributed by atoms with Gasteiger partial charge < -0.3 is 4.52 Å². The smallest absolute Gasteiger partial charge is 0.188 e. The second-order valence-electron chi connectivity index (χ2n) is 3.48. The van der Waals surface area contributed by atoms with E-state index in [0.29, 0.717) is 6.04 Å². The van der Waals surface area contributed by atoms with E-state index in [9.17, 15) is 0 Å². The van der Waals surface area contributed by atoms with Crippen molar-refractivity contribution in [1.29, 1.82) is 0 Å². The summed E-state index contributed by atoms with van der Waals surface area (Å²) in [6.45, 7) is 13.1. The number of rotatable bonds is 4. The molecule has 0 spiro atoms. The highest BCUT2D eigenvalue weighted by Gasteiger charge is 2.31. The van der Waals surface area contributed by atoms with Crippen molar-refractivity contribution in [3.8, 4) is 0 Å². The van der Waals surface area contributed by atoms with Gasteiger partial charge in [0.15, 0.2) is 8.45 Å². The van der Waals surface area contributed by atoms with E-state index in [1.54, 1.807) is 0 Å². The molecule has 1 heterocycles. The Kier molecular flexibility index (Phi) is 4.60. The van der Waals surface area contributed by atoms with Crippen LogP contribution in [0.4, 0.5) is 0 Å². The second-order valence-corrected chi connectivity index (χ2v) is 5.32. The van der Waals surface area contributed by atoms with Crippen molar-refractivity contribution in [2.75, 3.05) is 26.2 Å². The Balaban J connectivity index is 2.55. The Morgan fingerprint density at radius 1 is 1.38 bits per heavy atom. The summed E-state index contributed by atoms with van der Waals surface area (Å²) in [5.74, 6) is 0. The summed E-state index contributed by atoms with van der Waals surface area (Å²) in [7, 11) is -0.445. The Morgan fingerprint density at radius 3 is 2.46 bits per heavy atom. The first-order chi connectivity index (χ1) is 6.20. The Morgan fingerprint density at radius 2 is 2.00 bits per heavy atom. The van der Waals surface area contributed by atoms with Crippen LogP contribution in [0, 0.1) is 0 Å². The lowest BCUT2D eigenvalue weighted by Crippen LogP contribution is -2.30. The van der Waals surface area contributed by atoms with Gasteiger partial charge in [-0.25, -0.2) is 9.34 Å². The van der Waals surface area contributed by atoms with Crippen molar-refractivity contribution in [3.63, 3.8) is 0 Å². The van der Waals surface area contributed by atoms with Gasteiger partial charge in [-0.2, -0.15) is 0 Å². The predicted molar refractivity (Wildman–Crippen MR) is 57.6 cm³/mol. The molecule has 78 valence electrons. The molecule has 1 rings (SSSR count). The fourth-order valence-corrected chi connectivity index (χ4v) is 3.55. The normalized spacial score (nSPS) is 24.9. The van der Waals surface area contributed by atoms with Crippen molar-refractivity contribution in [1.82, 2.24) is 9.34 Å². The van der Waals surface area contributed by atoms with Crippen LogP contribution in [0.3, 0.4) is 0 Å². The Labute approximate surface area is 83.0 Å². The predicted octanol–water partition coefficient (Wildman–Crippen LogP) is 2.30. The molecule has 0 aromatic carbocycles. The third kappa shape index (κ3) is 2.63. The van der Waals surface area contributed by atoms with E-state index >= 15 is 0 Å². The van der Waals surface area contributed by atoms with Crippen LogP contribution in [0.25, 0.3) is 0 Å². The van der Waals surface area contributed by atoms with Crippen molar-refractivity contribution >= 4 is 8.45 Å². The maximum atomic E-state index is 5.79. The van der Waals surface area contributed by atoms with Crippen LogP contribution >= 0.6 is 8.45 Å². The highest BCUT2D eigenvalue weighted by Crippen LogP contribution is 2.49. The molecule has 4 heteroatoms. The number of hydrogen-bond donors (Lipinski definition) is 0. The lowest BCUT2D eigenvalue weighted by atomic mass is 10.4. The SMILES string of the molecule is CCN(CC)P1OCCN1C(C)C. The summed E-state index contributed by atoms with van der Waals surface area (Å²) in [5.41, 5.74) is 0. The van der Waals surface area contributed by atoms with E-state index in [4.69, 9.17) is 4.52 Å². The van der Waals surface area contributed by atoms with E-state index in [-0.39, 0.29) is 0 Å². The zero-order chi connectivity index (χ0) is 9.84. The monoisotopic (exact) mass is 204 g/mol. The maximum Gasteiger partial charge on any atom is 0.188 e. The second kappa shape index (κ2) is 5.26. The van der Waals surface area contributed by atoms with Crippen LogP contribution in [-0.2, 0) is 4.52 Å². The molecule has 0 aromatic heterocycles. The number of nitrogens with zero attached hydrogens (tertiary/aromatic N) is 2. The quantitative estimate of drug-likeness (QED) is 0.653. The van der Waals surface area contributed by atoms with Crippen LogP contribution in [-0.4, -0.2) is 41.6 Å². The molecule has 0 aliphatic carbocycles. The molecule has 1 aliphatic heterocycles. The molecule has 0 saturated carbocycles. The summed E-state index contributed by atoms with van der Waals surface area (Å²) in [4.78, 5) is 0. The first-order valence-electron chi connectivity index (χ1n) is 5.15. The molecular formula is C9H21N2OP. The molecule has 0 amide bonds. The minimum Gasteiger partial charge on any atom is -0.330 e. The first kappa shape index (κ1) is 11.4. The maximum absolute atomic E-state index is 5.79. The molecule has 0 bridgehead atoms. The summed E-state index contributed by atoms with van der Waals surface area (Å²) in [5, 5.41) is 0. The number of hydrogen-bond acceptors (Lipinski definition) is 3. The highest BCUT2D eigenvalue weighted by molar-refractivity contribution is 7.47. The zero-order valence-electron chi connectivity index (χ0n) is 9.16. The van der Waals surface area contributed by atoms with E-state index in [1.165, 1.54) is 0 Å². The molecule has 1 fully saturated rings. The molecule has 1 saturated heterocycles. The van der Waals surface area contributed by atoms with Gasteiger partial charge in [0.25, 0.3) is 0 Å². The summed E-state index contributed by atoms with van der Waals surface area (Å²) in [6.07, 6.45) is 0. The van der Waals surface area contributed by atoms with Gasteiger partial charge in [0.05, 0.1) is 6.61 Å². The molecule has 1 unspecified atom stereocenters. The van der Waals surface area contributed by atoms with Gasteiger partial charge in [0.1, 0.15) is 0 Å². The van der Waals surface area contributed by atoms with E-state index in [1.807, 2.05) is 0 Å². The molecule has 13 heavy (non-hydrogen) atoms. The summed E-state index contributed by atoms with van der Waals surface area (Å²) in [6, 6.07) is 0.606.